The van der Waals surface area contributed by atoms with Crippen molar-refractivity contribution in [1.82, 2.24) is 5.32 Å². The molecule has 21 heavy (non-hydrogen) atoms. The van der Waals surface area contributed by atoms with Crippen molar-refractivity contribution >= 4 is 11.6 Å². The van der Waals surface area contributed by atoms with Crippen molar-refractivity contribution in [2.45, 2.75) is 45.1 Å². The summed E-state index contributed by atoms with van der Waals surface area (Å²) in [7, 11) is 0. The van der Waals surface area contributed by atoms with E-state index in [1.807, 2.05) is 6.92 Å². The van der Waals surface area contributed by atoms with Crippen LogP contribution in [0.4, 0.5) is 5.69 Å². The van der Waals surface area contributed by atoms with Gasteiger partial charge < -0.3 is 10.2 Å². The predicted molar refractivity (Wildman–Crippen MR) is 84.0 cm³/mol. The molecule has 1 aliphatic heterocycles. The Bertz CT molecular complexity index is 521. The van der Waals surface area contributed by atoms with Gasteiger partial charge in [-0.15, -0.1) is 0 Å². The number of nitrogens with zero attached hydrogens (tertiary/aromatic N) is 2. The number of hydrogen-bond donors (Lipinski definition) is 1. The maximum Gasteiger partial charge on any atom is 0.222 e. The summed E-state index contributed by atoms with van der Waals surface area (Å²) < 4.78 is 0. The molecule has 2 rings (SSSR count). The fourth-order valence-corrected chi connectivity index (χ4v) is 2.79. The molecule has 1 heterocycles. The number of anilines is 1. The Morgan fingerprint density at radius 3 is 3.05 bits per heavy atom. The second-order valence-corrected chi connectivity index (χ2v) is 5.50. The van der Waals surface area contributed by atoms with Gasteiger partial charge in [-0.2, -0.15) is 5.26 Å². The van der Waals surface area contributed by atoms with Crippen molar-refractivity contribution in [2.24, 2.45) is 0 Å². The first-order valence-corrected chi connectivity index (χ1v) is 7.73. The van der Waals surface area contributed by atoms with Gasteiger partial charge in [0.25, 0.3) is 0 Å². The molecule has 0 fully saturated rings. The Kier molecular flexibility index (Phi) is 5.62. The number of nitriles is 1. The molecule has 0 aromatic heterocycles. The van der Waals surface area contributed by atoms with Crippen molar-refractivity contribution in [1.29, 1.82) is 5.26 Å². The fourth-order valence-electron chi connectivity index (χ4n) is 2.79. The van der Waals surface area contributed by atoms with Gasteiger partial charge in [0.05, 0.1) is 12.5 Å². The van der Waals surface area contributed by atoms with Crippen LogP contribution >= 0.6 is 0 Å². The number of rotatable bonds is 6. The number of amides is 1. The third-order valence-electron chi connectivity index (χ3n) is 4.01. The average molecular weight is 285 g/mol. The van der Waals surface area contributed by atoms with Gasteiger partial charge in [0.2, 0.25) is 5.91 Å². The number of carbonyl (C=O) groups excluding carboxylic acids is 1. The first kappa shape index (κ1) is 15.4. The second-order valence-electron chi connectivity index (χ2n) is 5.50. The predicted octanol–water partition coefficient (Wildman–Crippen LogP) is 2.64. The van der Waals surface area contributed by atoms with Crippen LogP contribution in [-0.2, 0) is 11.2 Å². The van der Waals surface area contributed by atoms with E-state index in [0.29, 0.717) is 12.8 Å². The highest BCUT2D eigenvalue weighted by Gasteiger charge is 2.17. The van der Waals surface area contributed by atoms with Crippen LogP contribution in [0.2, 0.25) is 0 Å². The lowest BCUT2D eigenvalue weighted by Gasteiger charge is -2.31. The fraction of sp³-hybridized carbons (Fsp3) is 0.529. The molecule has 0 radical (unpaired) electrons. The molecule has 1 amide bonds. The molecule has 1 aromatic rings. The first-order chi connectivity index (χ1) is 10.2. The third-order valence-corrected chi connectivity index (χ3v) is 4.01. The molecule has 112 valence electrons. The molecule has 1 atom stereocenters. The summed E-state index contributed by atoms with van der Waals surface area (Å²) in [5, 5.41) is 11.7. The van der Waals surface area contributed by atoms with Crippen molar-refractivity contribution in [3.05, 3.63) is 29.8 Å². The SMILES string of the molecule is CCC(CC#N)NC(=O)CCN1CCCc2ccccc21. The monoisotopic (exact) mass is 285 g/mol. The van der Waals surface area contributed by atoms with Crippen molar-refractivity contribution < 1.29 is 4.79 Å². The van der Waals surface area contributed by atoms with Crippen LogP contribution in [0.3, 0.4) is 0 Å². The van der Waals surface area contributed by atoms with E-state index in [4.69, 9.17) is 5.26 Å². The number of hydrogen-bond acceptors (Lipinski definition) is 3. The van der Waals surface area contributed by atoms with Gasteiger partial charge in [0.15, 0.2) is 0 Å². The number of carbonyl (C=O) groups is 1. The maximum atomic E-state index is 12.0. The van der Waals surface area contributed by atoms with Crippen LogP contribution in [0.25, 0.3) is 0 Å². The minimum absolute atomic E-state index is 0.0175. The summed E-state index contributed by atoms with van der Waals surface area (Å²) in [4.78, 5) is 14.3. The molecule has 0 spiro atoms. The van der Waals surface area contributed by atoms with Crippen LogP contribution in [0.1, 0.15) is 38.2 Å². The zero-order valence-corrected chi connectivity index (χ0v) is 12.6. The summed E-state index contributed by atoms with van der Waals surface area (Å²) in [6, 6.07) is 10.5. The molecule has 1 unspecified atom stereocenters. The second kappa shape index (κ2) is 7.68. The minimum atomic E-state index is -0.0175. The molecule has 4 nitrogen and oxygen atoms in total. The summed E-state index contributed by atoms with van der Waals surface area (Å²) in [5.74, 6) is 0.0418. The number of benzene rings is 1. The number of para-hydroxylation sites is 1. The van der Waals surface area contributed by atoms with Crippen molar-refractivity contribution in [3.8, 4) is 6.07 Å². The van der Waals surface area contributed by atoms with E-state index >= 15 is 0 Å². The summed E-state index contributed by atoms with van der Waals surface area (Å²) >= 11 is 0. The number of aryl methyl sites for hydroxylation is 1. The normalized spacial score (nSPS) is 15.0. The molecule has 1 N–H and O–H groups in total. The van der Waals surface area contributed by atoms with Gasteiger partial charge in [-0.3, -0.25) is 4.79 Å². The van der Waals surface area contributed by atoms with E-state index in [9.17, 15) is 4.79 Å². The summed E-state index contributed by atoms with van der Waals surface area (Å²) in [6.45, 7) is 3.74. The van der Waals surface area contributed by atoms with Gasteiger partial charge in [-0.25, -0.2) is 0 Å². The highest BCUT2D eigenvalue weighted by Crippen LogP contribution is 2.26. The highest BCUT2D eigenvalue weighted by atomic mass is 16.1. The Labute approximate surface area is 126 Å². The number of nitrogens with one attached hydrogen (secondary N) is 1. The van der Waals surface area contributed by atoms with Crippen molar-refractivity contribution in [3.63, 3.8) is 0 Å². The molecule has 0 saturated carbocycles. The van der Waals surface area contributed by atoms with E-state index in [1.165, 1.54) is 11.3 Å². The van der Waals surface area contributed by atoms with Crippen LogP contribution < -0.4 is 10.2 Å². The Balaban J connectivity index is 1.86. The lowest BCUT2D eigenvalue weighted by Crippen LogP contribution is -2.38. The van der Waals surface area contributed by atoms with Gasteiger partial charge in [0, 0.05) is 31.2 Å². The topological polar surface area (TPSA) is 56.1 Å². The maximum absolute atomic E-state index is 12.0. The van der Waals surface area contributed by atoms with Gasteiger partial charge in [-0.05, 0) is 30.9 Å². The molecule has 0 bridgehead atoms. The van der Waals surface area contributed by atoms with E-state index in [0.717, 1.165) is 32.4 Å². The quantitative estimate of drug-likeness (QED) is 0.874. The Morgan fingerprint density at radius 2 is 2.29 bits per heavy atom. The van der Waals surface area contributed by atoms with E-state index in [-0.39, 0.29) is 11.9 Å². The van der Waals surface area contributed by atoms with E-state index in [1.54, 1.807) is 0 Å². The van der Waals surface area contributed by atoms with E-state index in [2.05, 4.69) is 40.6 Å². The van der Waals surface area contributed by atoms with Gasteiger partial charge in [-0.1, -0.05) is 25.1 Å². The molecule has 1 aromatic carbocycles. The summed E-state index contributed by atoms with van der Waals surface area (Å²) in [5.41, 5.74) is 2.64. The Morgan fingerprint density at radius 1 is 1.48 bits per heavy atom. The van der Waals surface area contributed by atoms with Crippen LogP contribution in [0, 0.1) is 11.3 Å². The van der Waals surface area contributed by atoms with Gasteiger partial charge in [0.1, 0.15) is 0 Å². The van der Waals surface area contributed by atoms with Crippen LogP contribution in [0.5, 0.6) is 0 Å². The Hall–Kier alpha value is -2.02. The molecule has 0 saturated heterocycles. The largest absolute Gasteiger partial charge is 0.371 e. The molecule has 0 aliphatic carbocycles. The van der Waals surface area contributed by atoms with Crippen LogP contribution in [-0.4, -0.2) is 25.0 Å². The van der Waals surface area contributed by atoms with Gasteiger partial charge >= 0.3 is 0 Å². The average Bonchev–Trinajstić information content (AvgIpc) is 2.52. The third kappa shape index (κ3) is 4.22. The molecule has 4 heteroatoms. The van der Waals surface area contributed by atoms with Crippen molar-refractivity contribution in [2.75, 3.05) is 18.0 Å². The molecular formula is C17H23N3O. The first-order valence-electron chi connectivity index (χ1n) is 7.73. The standard InChI is InChI=1S/C17H23N3O/c1-2-15(9-11-18)19-17(21)10-13-20-12-5-7-14-6-3-4-8-16(14)20/h3-4,6,8,15H,2,5,7,9-10,12-13H2,1H3,(H,19,21). The van der Waals surface area contributed by atoms with E-state index < -0.39 is 0 Å². The smallest absolute Gasteiger partial charge is 0.222 e. The lowest BCUT2D eigenvalue weighted by atomic mass is 10.0. The lowest BCUT2D eigenvalue weighted by molar-refractivity contribution is -0.121. The zero-order valence-electron chi connectivity index (χ0n) is 12.6. The summed E-state index contributed by atoms with van der Waals surface area (Å²) in [6.07, 6.45) is 3.93. The van der Waals surface area contributed by atoms with Crippen LogP contribution in [0.15, 0.2) is 24.3 Å². The zero-order chi connectivity index (χ0) is 15.1. The molecule has 1 aliphatic rings. The highest BCUT2D eigenvalue weighted by molar-refractivity contribution is 5.77. The number of fused-ring (bicyclic) bond motifs is 1. The molecular weight excluding hydrogens is 262 g/mol. The minimum Gasteiger partial charge on any atom is -0.371 e.